The van der Waals surface area contributed by atoms with Crippen molar-refractivity contribution in [2.24, 2.45) is 0 Å². The predicted molar refractivity (Wildman–Crippen MR) is 64.2 cm³/mol. The molecule has 2 N–H and O–H groups in total. The van der Waals surface area contributed by atoms with Crippen molar-refractivity contribution in [2.45, 2.75) is 45.1 Å². The number of carboxylic acids is 1. The fourth-order valence-corrected chi connectivity index (χ4v) is 2.28. The molecule has 0 aliphatic heterocycles. The first-order chi connectivity index (χ1) is 7.98. The minimum atomic E-state index is -1.02. The number of rotatable bonds is 3. The van der Waals surface area contributed by atoms with Crippen molar-refractivity contribution in [1.29, 1.82) is 0 Å². The van der Waals surface area contributed by atoms with Gasteiger partial charge in [-0.25, -0.2) is 14.8 Å². The minimum Gasteiger partial charge on any atom is -0.477 e. The van der Waals surface area contributed by atoms with Crippen molar-refractivity contribution < 1.29 is 9.90 Å². The van der Waals surface area contributed by atoms with Crippen LogP contribution in [0.3, 0.4) is 0 Å². The number of carboxylic acid groups (broad SMARTS) is 1. The lowest BCUT2D eigenvalue weighted by atomic mass is 10.0. The van der Waals surface area contributed by atoms with Crippen molar-refractivity contribution in [1.82, 2.24) is 9.97 Å². The molecule has 0 saturated heterocycles. The quantitative estimate of drug-likeness (QED) is 0.840. The Morgan fingerprint density at radius 3 is 2.65 bits per heavy atom. The summed E-state index contributed by atoms with van der Waals surface area (Å²) in [7, 11) is 0. The average Bonchev–Trinajstić information content (AvgIpc) is 2.63. The van der Waals surface area contributed by atoms with E-state index in [0.29, 0.717) is 11.6 Å². The maximum absolute atomic E-state index is 10.9. The number of anilines is 1. The second-order valence-corrected chi connectivity index (χ2v) is 4.92. The lowest BCUT2D eigenvalue weighted by Crippen LogP contribution is -2.32. The van der Waals surface area contributed by atoms with Gasteiger partial charge in [-0.3, -0.25) is 0 Å². The van der Waals surface area contributed by atoms with Crippen molar-refractivity contribution in [2.75, 3.05) is 5.32 Å². The molecule has 1 fully saturated rings. The van der Waals surface area contributed by atoms with Gasteiger partial charge in [0, 0.05) is 11.2 Å². The average molecular weight is 235 g/mol. The van der Waals surface area contributed by atoms with E-state index in [4.69, 9.17) is 5.11 Å². The Kier molecular flexibility index (Phi) is 3.00. The van der Waals surface area contributed by atoms with Crippen LogP contribution in [0.1, 0.15) is 48.8 Å². The molecule has 2 rings (SSSR count). The Bertz CT molecular complexity index is 439. The van der Waals surface area contributed by atoms with Gasteiger partial charge in [0.05, 0.1) is 0 Å². The summed E-state index contributed by atoms with van der Waals surface area (Å²) in [4.78, 5) is 19.2. The smallest absolute Gasteiger partial charge is 0.354 e. The SMILES string of the molecule is Cc1cc(C(=O)O)nc(NC2(C)CCCC2)n1. The van der Waals surface area contributed by atoms with Crippen molar-refractivity contribution in [3.05, 3.63) is 17.5 Å². The van der Waals surface area contributed by atoms with Gasteiger partial charge >= 0.3 is 5.97 Å². The van der Waals surface area contributed by atoms with Gasteiger partial charge in [-0.05, 0) is 32.8 Å². The number of aromatic nitrogens is 2. The van der Waals surface area contributed by atoms with Crippen LogP contribution < -0.4 is 5.32 Å². The number of aryl methyl sites for hydroxylation is 1. The highest BCUT2D eigenvalue weighted by atomic mass is 16.4. The third-order valence-corrected chi connectivity index (χ3v) is 3.19. The molecule has 0 spiro atoms. The minimum absolute atomic E-state index is 0.00354. The van der Waals surface area contributed by atoms with E-state index in [-0.39, 0.29) is 11.2 Å². The number of nitrogens with zero attached hydrogens (tertiary/aromatic N) is 2. The van der Waals surface area contributed by atoms with E-state index >= 15 is 0 Å². The highest BCUT2D eigenvalue weighted by molar-refractivity contribution is 5.85. The van der Waals surface area contributed by atoms with Crippen LogP contribution in [0, 0.1) is 6.92 Å². The second kappa shape index (κ2) is 4.31. The van der Waals surface area contributed by atoms with E-state index in [1.165, 1.54) is 18.9 Å². The van der Waals surface area contributed by atoms with E-state index in [2.05, 4.69) is 22.2 Å². The molecule has 0 aromatic carbocycles. The van der Waals surface area contributed by atoms with Gasteiger partial charge in [0.15, 0.2) is 5.69 Å². The maximum Gasteiger partial charge on any atom is 0.354 e. The van der Waals surface area contributed by atoms with Crippen LogP contribution in [-0.4, -0.2) is 26.6 Å². The maximum atomic E-state index is 10.9. The summed E-state index contributed by atoms with van der Waals surface area (Å²) in [6.07, 6.45) is 4.54. The molecular weight excluding hydrogens is 218 g/mol. The highest BCUT2D eigenvalue weighted by Gasteiger charge is 2.29. The fraction of sp³-hybridized carbons (Fsp3) is 0.583. The third-order valence-electron chi connectivity index (χ3n) is 3.19. The molecule has 0 amide bonds. The fourth-order valence-electron chi connectivity index (χ4n) is 2.28. The monoisotopic (exact) mass is 235 g/mol. The standard InChI is InChI=1S/C12H17N3O2/c1-8-7-9(10(16)17)14-11(13-8)15-12(2)5-3-4-6-12/h7H,3-6H2,1-2H3,(H,16,17)(H,13,14,15). The summed E-state index contributed by atoms with van der Waals surface area (Å²) < 4.78 is 0. The molecule has 0 unspecified atom stereocenters. The van der Waals surface area contributed by atoms with Crippen molar-refractivity contribution >= 4 is 11.9 Å². The zero-order chi connectivity index (χ0) is 12.5. The van der Waals surface area contributed by atoms with Gasteiger partial charge in [0.1, 0.15) is 0 Å². The summed E-state index contributed by atoms with van der Waals surface area (Å²) >= 11 is 0. The summed E-state index contributed by atoms with van der Waals surface area (Å²) in [5, 5.41) is 12.2. The molecule has 1 aromatic rings. The van der Waals surface area contributed by atoms with E-state index in [9.17, 15) is 4.79 Å². The third kappa shape index (κ3) is 2.72. The van der Waals surface area contributed by atoms with E-state index in [0.717, 1.165) is 12.8 Å². The first-order valence-corrected chi connectivity index (χ1v) is 5.86. The molecule has 1 aromatic heterocycles. The number of hydrogen-bond donors (Lipinski definition) is 2. The van der Waals surface area contributed by atoms with Crippen LogP contribution in [-0.2, 0) is 0 Å². The summed E-state index contributed by atoms with van der Waals surface area (Å²) in [6, 6.07) is 1.48. The van der Waals surface area contributed by atoms with Gasteiger partial charge in [-0.2, -0.15) is 0 Å². The Morgan fingerprint density at radius 2 is 2.06 bits per heavy atom. The number of aromatic carboxylic acids is 1. The molecule has 1 saturated carbocycles. The predicted octanol–water partition coefficient (Wildman–Crippen LogP) is 2.23. The molecule has 0 atom stereocenters. The molecule has 5 heteroatoms. The molecule has 92 valence electrons. The normalized spacial score (nSPS) is 18.0. The van der Waals surface area contributed by atoms with Crippen LogP contribution in [0.5, 0.6) is 0 Å². The van der Waals surface area contributed by atoms with Gasteiger partial charge in [-0.15, -0.1) is 0 Å². The molecule has 17 heavy (non-hydrogen) atoms. The van der Waals surface area contributed by atoms with E-state index < -0.39 is 5.97 Å². The Balaban J connectivity index is 2.23. The highest BCUT2D eigenvalue weighted by Crippen LogP contribution is 2.31. The summed E-state index contributed by atoms with van der Waals surface area (Å²) in [5.74, 6) is -0.595. The molecule has 1 heterocycles. The van der Waals surface area contributed by atoms with Gasteiger partial charge < -0.3 is 10.4 Å². The molecule has 1 aliphatic rings. The number of hydrogen-bond acceptors (Lipinski definition) is 4. The molecule has 0 bridgehead atoms. The summed E-state index contributed by atoms with van der Waals surface area (Å²) in [5.41, 5.74) is 0.715. The van der Waals surface area contributed by atoms with E-state index in [1.54, 1.807) is 6.92 Å². The van der Waals surface area contributed by atoms with Gasteiger partial charge in [-0.1, -0.05) is 12.8 Å². The van der Waals surface area contributed by atoms with Gasteiger partial charge in [0.25, 0.3) is 0 Å². The van der Waals surface area contributed by atoms with Crippen LogP contribution in [0.2, 0.25) is 0 Å². The Hall–Kier alpha value is -1.65. The van der Waals surface area contributed by atoms with Crippen molar-refractivity contribution in [3.63, 3.8) is 0 Å². The largest absolute Gasteiger partial charge is 0.477 e. The van der Waals surface area contributed by atoms with Crippen LogP contribution in [0.4, 0.5) is 5.95 Å². The van der Waals surface area contributed by atoms with Crippen LogP contribution in [0.25, 0.3) is 0 Å². The van der Waals surface area contributed by atoms with Crippen LogP contribution in [0.15, 0.2) is 6.07 Å². The van der Waals surface area contributed by atoms with Crippen molar-refractivity contribution in [3.8, 4) is 0 Å². The topological polar surface area (TPSA) is 75.1 Å². The Labute approximate surface area is 100 Å². The second-order valence-electron chi connectivity index (χ2n) is 4.92. The zero-order valence-electron chi connectivity index (χ0n) is 10.2. The van der Waals surface area contributed by atoms with Crippen LogP contribution >= 0.6 is 0 Å². The lowest BCUT2D eigenvalue weighted by molar-refractivity contribution is 0.0690. The lowest BCUT2D eigenvalue weighted by Gasteiger charge is -2.25. The molecule has 1 aliphatic carbocycles. The zero-order valence-corrected chi connectivity index (χ0v) is 10.2. The first kappa shape index (κ1) is 11.8. The molecule has 5 nitrogen and oxygen atoms in total. The van der Waals surface area contributed by atoms with E-state index in [1.807, 2.05) is 0 Å². The number of carbonyl (C=O) groups is 1. The van der Waals surface area contributed by atoms with Gasteiger partial charge in [0.2, 0.25) is 5.95 Å². The summed E-state index contributed by atoms with van der Waals surface area (Å²) in [6.45, 7) is 3.91. The molecular formula is C12H17N3O2. The number of nitrogens with one attached hydrogen (secondary N) is 1. The Morgan fingerprint density at radius 1 is 1.41 bits per heavy atom. The molecule has 0 radical (unpaired) electrons. The first-order valence-electron chi connectivity index (χ1n) is 5.86.